The first-order valence-electron chi connectivity index (χ1n) is 6.86. The summed E-state index contributed by atoms with van der Waals surface area (Å²) in [6, 6.07) is 15.5. The lowest BCUT2D eigenvalue weighted by Crippen LogP contribution is -1.97. The van der Waals surface area contributed by atoms with E-state index in [-0.39, 0.29) is 12.0 Å². The molecule has 0 unspecified atom stereocenters. The molecule has 0 bridgehead atoms. The van der Waals surface area contributed by atoms with Crippen LogP contribution in [0.1, 0.15) is 16.8 Å². The zero-order valence-corrected chi connectivity index (χ0v) is 11.7. The summed E-state index contributed by atoms with van der Waals surface area (Å²) in [5.41, 5.74) is 1.36. The molecule has 22 heavy (non-hydrogen) atoms. The Morgan fingerprint density at radius 2 is 2.00 bits per heavy atom. The molecule has 0 saturated carbocycles. The van der Waals surface area contributed by atoms with Crippen LogP contribution in [0.4, 0.5) is 0 Å². The van der Waals surface area contributed by atoms with Gasteiger partial charge in [-0.25, -0.2) is 4.79 Å². The third kappa shape index (κ3) is 2.42. The second-order valence-electron chi connectivity index (χ2n) is 4.89. The first-order chi connectivity index (χ1) is 10.7. The number of aryl methyl sites for hydroxylation is 1. The van der Waals surface area contributed by atoms with Gasteiger partial charge in [-0.1, -0.05) is 42.5 Å². The van der Waals surface area contributed by atoms with Crippen molar-refractivity contribution in [1.29, 1.82) is 5.26 Å². The molecule has 0 radical (unpaired) electrons. The largest absolute Gasteiger partial charge is 0.478 e. The molecule has 2 aromatic carbocycles. The molecule has 1 aromatic heterocycles. The van der Waals surface area contributed by atoms with E-state index in [1.165, 1.54) is 10.9 Å². The van der Waals surface area contributed by atoms with Gasteiger partial charge in [-0.05, 0) is 10.8 Å². The quantitative estimate of drug-likeness (QED) is 0.799. The van der Waals surface area contributed by atoms with Gasteiger partial charge in [0.15, 0.2) is 0 Å². The average molecular weight is 291 g/mol. The summed E-state index contributed by atoms with van der Waals surface area (Å²) in [4.78, 5) is 11.5. The minimum Gasteiger partial charge on any atom is -0.478 e. The van der Waals surface area contributed by atoms with E-state index in [4.69, 9.17) is 5.26 Å². The first-order valence-corrected chi connectivity index (χ1v) is 6.86. The van der Waals surface area contributed by atoms with Crippen LogP contribution in [0.15, 0.2) is 48.7 Å². The maximum atomic E-state index is 11.5. The molecular formula is C17H13N3O2. The predicted molar refractivity (Wildman–Crippen MR) is 82.4 cm³/mol. The van der Waals surface area contributed by atoms with E-state index in [2.05, 4.69) is 5.10 Å². The lowest BCUT2D eigenvalue weighted by atomic mass is 10.0. The molecule has 0 aliphatic carbocycles. The van der Waals surface area contributed by atoms with Crippen molar-refractivity contribution < 1.29 is 9.90 Å². The Hall–Kier alpha value is -3.13. The van der Waals surface area contributed by atoms with Gasteiger partial charge in [-0.2, -0.15) is 10.4 Å². The number of aromatic nitrogens is 2. The van der Waals surface area contributed by atoms with Crippen molar-refractivity contribution in [3.8, 4) is 17.3 Å². The number of nitrogens with zero attached hydrogens (tertiary/aromatic N) is 3. The number of aromatic carboxylic acids is 1. The van der Waals surface area contributed by atoms with E-state index in [1.807, 2.05) is 48.5 Å². The second kappa shape index (κ2) is 5.70. The first kappa shape index (κ1) is 13.8. The number of hydrogen-bond donors (Lipinski definition) is 1. The van der Waals surface area contributed by atoms with Gasteiger partial charge in [0.1, 0.15) is 11.3 Å². The summed E-state index contributed by atoms with van der Waals surface area (Å²) in [7, 11) is 0. The zero-order valence-electron chi connectivity index (χ0n) is 11.7. The van der Waals surface area contributed by atoms with E-state index in [1.54, 1.807) is 0 Å². The summed E-state index contributed by atoms with van der Waals surface area (Å²) in [5.74, 6) is -1.02. The molecule has 0 fully saturated rings. The highest BCUT2D eigenvalue weighted by molar-refractivity contribution is 6.02. The van der Waals surface area contributed by atoms with Gasteiger partial charge in [-0.3, -0.25) is 4.68 Å². The number of carboxylic acids is 1. The van der Waals surface area contributed by atoms with Crippen LogP contribution in [-0.2, 0) is 6.54 Å². The summed E-state index contributed by atoms with van der Waals surface area (Å²) in [5, 5.41) is 24.4. The number of hydrogen-bond acceptors (Lipinski definition) is 3. The normalized spacial score (nSPS) is 10.5. The maximum absolute atomic E-state index is 11.5. The van der Waals surface area contributed by atoms with Crippen LogP contribution in [0, 0.1) is 11.3 Å². The molecule has 0 aliphatic rings. The van der Waals surface area contributed by atoms with E-state index in [9.17, 15) is 9.90 Å². The van der Waals surface area contributed by atoms with Crippen LogP contribution in [0.5, 0.6) is 0 Å². The Morgan fingerprint density at radius 1 is 1.23 bits per heavy atom. The summed E-state index contributed by atoms with van der Waals surface area (Å²) in [6.07, 6.45) is 1.77. The molecule has 3 aromatic rings. The number of benzene rings is 2. The standard InChI is InChI=1S/C17H13N3O2/c18-9-4-10-20-11-15(17(21)22)16(19-20)14-8-3-6-12-5-1-2-7-13(12)14/h1-3,5-8,11H,4,10H2,(H,21,22). The number of nitriles is 1. The fraction of sp³-hybridized carbons (Fsp3) is 0.118. The van der Waals surface area contributed by atoms with Crippen molar-refractivity contribution in [3.63, 3.8) is 0 Å². The fourth-order valence-corrected chi connectivity index (χ4v) is 2.49. The van der Waals surface area contributed by atoms with E-state index in [0.717, 1.165) is 16.3 Å². The Kier molecular flexibility index (Phi) is 3.58. The zero-order chi connectivity index (χ0) is 15.5. The van der Waals surface area contributed by atoms with Gasteiger partial charge in [0.25, 0.3) is 0 Å². The predicted octanol–water partition coefficient (Wildman–Crippen LogP) is 3.32. The topological polar surface area (TPSA) is 78.9 Å². The van der Waals surface area contributed by atoms with Crippen molar-refractivity contribution in [1.82, 2.24) is 9.78 Å². The maximum Gasteiger partial charge on any atom is 0.339 e. The Bertz CT molecular complexity index is 885. The molecule has 0 aliphatic heterocycles. The Balaban J connectivity index is 2.19. The molecule has 5 nitrogen and oxygen atoms in total. The van der Waals surface area contributed by atoms with E-state index in [0.29, 0.717) is 12.2 Å². The highest BCUT2D eigenvalue weighted by Crippen LogP contribution is 2.30. The highest BCUT2D eigenvalue weighted by atomic mass is 16.4. The lowest BCUT2D eigenvalue weighted by Gasteiger charge is -2.05. The monoisotopic (exact) mass is 291 g/mol. The third-order valence-electron chi connectivity index (χ3n) is 3.49. The molecule has 108 valence electrons. The van der Waals surface area contributed by atoms with Crippen molar-refractivity contribution >= 4 is 16.7 Å². The van der Waals surface area contributed by atoms with E-state index >= 15 is 0 Å². The fourth-order valence-electron chi connectivity index (χ4n) is 2.49. The molecule has 1 N–H and O–H groups in total. The van der Waals surface area contributed by atoms with Crippen LogP contribution in [0.2, 0.25) is 0 Å². The van der Waals surface area contributed by atoms with Gasteiger partial charge < -0.3 is 5.11 Å². The molecule has 0 spiro atoms. The molecular weight excluding hydrogens is 278 g/mol. The van der Waals surface area contributed by atoms with Crippen LogP contribution >= 0.6 is 0 Å². The molecule has 0 amide bonds. The molecule has 0 saturated heterocycles. The van der Waals surface area contributed by atoms with Gasteiger partial charge >= 0.3 is 5.97 Å². The van der Waals surface area contributed by atoms with Gasteiger partial charge in [-0.15, -0.1) is 0 Å². The number of rotatable bonds is 4. The van der Waals surface area contributed by atoms with Crippen LogP contribution in [0.3, 0.4) is 0 Å². The van der Waals surface area contributed by atoms with Crippen LogP contribution < -0.4 is 0 Å². The Labute approximate surface area is 127 Å². The molecule has 5 heteroatoms. The third-order valence-corrected chi connectivity index (χ3v) is 3.49. The van der Waals surface area contributed by atoms with Crippen molar-refractivity contribution in [2.45, 2.75) is 13.0 Å². The minimum absolute atomic E-state index is 0.147. The van der Waals surface area contributed by atoms with Crippen LogP contribution in [0.25, 0.3) is 22.0 Å². The van der Waals surface area contributed by atoms with E-state index < -0.39 is 5.97 Å². The van der Waals surface area contributed by atoms with Crippen molar-refractivity contribution in [2.75, 3.05) is 0 Å². The van der Waals surface area contributed by atoms with Gasteiger partial charge in [0.05, 0.1) is 19.0 Å². The SMILES string of the molecule is N#CCCn1cc(C(=O)O)c(-c2cccc3ccccc23)n1. The minimum atomic E-state index is -1.02. The lowest BCUT2D eigenvalue weighted by molar-refractivity contribution is 0.0697. The van der Waals surface area contributed by atoms with Gasteiger partial charge in [0.2, 0.25) is 0 Å². The molecule has 3 rings (SSSR count). The molecule has 0 atom stereocenters. The van der Waals surface area contributed by atoms with Crippen LogP contribution in [-0.4, -0.2) is 20.9 Å². The number of carbonyl (C=O) groups is 1. The summed E-state index contributed by atoms with van der Waals surface area (Å²) in [6.45, 7) is 0.377. The average Bonchev–Trinajstić information content (AvgIpc) is 2.96. The summed E-state index contributed by atoms with van der Waals surface area (Å²) < 4.78 is 1.52. The molecule has 1 heterocycles. The number of fused-ring (bicyclic) bond motifs is 1. The Morgan fingerprint density at radius 3 is 2.77 bits per heavy atom. The van der Waals surface area contributed by atoms with Crippen molar-refractivity contribution in [2.24, 2.45) is 0 Å². The number of carboxylic acid groups (broad SMARTS) is 1. The van der Waals surface area contributed by atoms with Crippen molar-refractivity contribution in [3.05, 3.63) is 54.2 Å². The second-order valence-corrected chi connectivity index (χ2v) is 4.89. The smallest absolute Gasteiger partial charge is 0.339 e. The van der Waals surface area contributed by atoms with Gasteiger partial charge in [0, 0.05) is 11.8 Å². The summed E-state index contributed by atoms with van der Waals surface area (Å²) >= 11 is 0. The highest BCUT2D eigenvalue weighted by Gasteiger charge is 2.18.